The molecule has 0 aromatic rings. The molecular formula is C10H19NO3. The fraction of sp³-hybridized carbons (Fsp3) is 0.800. The van der Waals surface area contributed by atoms with E-state index in [0.29, 0.717) is 6.54 Å². The molecule has 0 atom stereocenters. The Hall–Kier alpha value is -1.06. The Morgan fingerprint density at radius 2 is 1.79 bits per heavy atom. The average Bonchev–Trinajstić information content (AvgIpc) is 2.04. The summed E-state index contributed by atoms with van der Waals surface area (Å²) in [5.74, 6) is -1.28. The molecule has 82 valence electrons. The number of hydrogen-bond donors (Lipinski definition) is 1. The van der Waals surface area contributed by atoms with Gasteiger partial charge in [-0.3, -0.25) is 4.79 Å². The van der Waals surface area contributed by atoms with Gasteiger partial charge in [-0.2, -0.15) is 0 Å². The molecule has 14 heavy (non-hydrogen) atoms. The molecule has 0 spiro atoms. The average molecular weight is 201 g/mol. The van der Waals surface area contributed by atoms with Crippen LogP contribution < -0.4 is 0 Å². The quantitative estimate of drug-likeness (QED) is 0.747. The maximum Gasteiger partial charge on any atom is 0.329 e. The Labute approximate surface area is 84.9 Å². The molecule has 0 saturated heterocycles. The summed E-state index contributed by atoms with van der Waals surface area (Å²) in [5.41, 5.74) is -1.13. The van der Waals surface area contributed by atoms with E-state index in [1.54, 1.807) is 34.6 Å². The van der Waals surface area contributed by atoms with Crippen molar-refractivity contribution in [3.05, 3.63) is 0 Å². The molecule has 0 rings (SSSR count). The molecule has 0 bridgehead atoms. The minimum Gasteiger partial charge on any atom is -0.480 e. The summed E-state index contributed by atoms with van der Waals surface area (Å²) in [6.07, 6.45) is 0. The van der Waals surface area contributed by atoms with Crippen molar-refractivity contribution in [3.8, 4) is 0 Å². The van der Waals surface area contributed by atoms with Gasteiger partial charge >= 0.3 is 5.97 Å². The van der Waals surface area contributed by atoms with Gasteiger partial charge in [0, 0.05) is 12.5 Å². The topological polar surface area (TPSA) is 57.6 Å². The SMILES string of the molecule is CCN(C(=O)C(C)C)C(C)(C)C(=O)O. The first kappa shape index (κ1) is 12.9. The van der Waals surface area contributed by atoms with Crippen LogP contribution in [-0.4, -0.2) is 34.0 Å². The van der Waals surface area contributed by atoms with Crippen molar-refractivity contribution in [1.82, 2.24) is 4.90 Å². The van der Waals surface area contributed by atoms with Gasteiger partial charge < -0.3 is 10.0 Å². The van der Waals surface area contributed by atoms with Crippen molar-refractivity contribution in [2.45, 2.75) is 40.2 Å². The van der Waals surface area contributed by atoms with Gasteiger partial charge in [-0.25, -0.2) is 4.79 Å². The molecule has 0 aliphatic heterocycles. The van der Waals surface area contributed by atoms with Crippen LogP contribution in [0.15, 0.2) is 0 Å². The highest BCUT2D eigenvalue weighted by atomic mass is 16.4. The third-order valence-corrected chi connectivity index (χ3v) is 2.27. The second kappa shape index (κ2) is 4.44. The van der Waals surface area contributed by atoms with Crippen LogP contribution >= 0.6 is 0 Å². The largest absolute Gasteiger partial charge is 0.480 e. The lowest BCUT2D eigenvalue weighted by atomic mass is 10.0. The molecule has 4 nitrogen and oxygen atoms in total. The van der Waals surface area contributed by atoms with Crippen LogP contribution in [0.25, 0.3) is 0 Å². The van der Waals surface area contributed by atoms with Gasteiger partial charge in [0.05, 0.1) is 0 Å². The lowest BCUT2D eigenvalue weighted by Crippen LogP contribution is -2.54. The zero-order valence-electron chi connectivity index (χ0n) is 9.50. The second-order valence-corrected chi connectivity index (χ2v) is 4.10. The van der Waals surface area contributed by atoms with E-state index in [1.807, 2.05) is 0 Å². The van der Waals surface area contributed by atoms with E-state index in [-0.39, 0.29) is 11.8 Å². The molecule has 0 radical (unpaired) electrons. The van der Waals surface area contributed by atoms with Gasteiger partial charge in [-0.15, -0.1) is 0 Å². The summed E-state index contributed by atoms with van der Waals surface area (Å²) in [7, 11) is 0. The first-order chi connectivity index (χ1) is 6.25. The lowest BCUT2D eigenvalue weighted by molar-refractivity contribution is -0.158. The predicted molar refractivity (Wildman–Crippen MR) is 53.9 cm³/mol. The van der Waals surface area contributed by atoms with Crippen molar-refractivity contribution >= 4 is 11.9 Å². The molecule has 1 amide bonds. The fourth-order valence-corrected chi connectivity index (χ4v) is 1.25. The second-order valence-electron chi connectivity index (χ2n) is 4.10. The number of carbonyl (C=O) groups excluding carboxylic acids is 1. The smallest absolute Gasteiger partial charge is 0.329 e. The van der Waals surface area contributed by atoms with E-state index in [9.17, 15) is 9.59 Å². The van der Waals surface area contributed by atoms with Gasteiger partial charge in [-0.05, 0) is 20.8 Å². The van der Waals surface area contributed by atoms with E-state index in [0.717, 1.165) is 0 Å². The van der Waals surface area contributed by atoms with Crippen LogP contribution in [-0.2, 0) is 9.59 Å². The summed E-state index contributed by atoms with van der Waals surface area (Å²) in [4.78, 5) is 24.0. The number of amides is 1. The number of likely N-dealkylation sites (N-methyl/N-ethyl adjacent to an activating group) is 1. The Kier molecular flexibility index (Phi) is 4.10. The molecule has 0 aromatic heterocycles. The number of carboxylic acids is 1. The fourth-order valence-electron chi connectivity index (χ4n) is 1.25. The van der Waals surface area contributed by atoms with Crippen molar-refractivity contribution in [1.29, 1.82) is 0 Å². The maximum atomic E-state index is 11.7. The Morgan fingerprint density at radius 3 is 2.00 bits per heavy atom. The van der Waals surface area contributed by atoms with Crippen LogP contribution in [0.1, 0.15) is 34.6 Å². The Morgan fingerprint density at radius 1 is 1.36 bits per heavy atom. The highest BCUT2D eigenvalue weighted by Gasteiger charge is 2.37. The van der Waals surface area contributed by atoms with E-state index in [4.69, 9.17) is 5.11 Å². The van der Waals surface area contributed by atoms with Crippen LogP contribution in [0.4, 0.5) is 0 Å². The molecular weight excluding hydrogens is 182 g/mol. The zero-order chi connectivity index (χ0) is 11.5. The molecule has 0 aromatic carbocycles. The monoisotopic (exact) mass is 201 g/mol. The molecule has 0 aliphatic rings. The number of nitrogens with zero attached hydrogens (tertiary/aromatic N) is 1. The molecule has 0 saturated carbocycles. The minimum atomic E-state index is -1.13. The molecule has 0 fully saturated rings. The third kappa shape index (κ3) is 2.47. The summed E-state index contributed by atoms with van der Waals surface area (Å²) in [6.45, 7) is 8.81. The van der Waals surface area contributed by atoms with Crippen molar-refractivity contribution < 1.29 is 14.7 Å². The summed E-state index contributed by atoms with van der Waals surface area (Å²) >= 11 is 0. The Bertz CT molecular complexity index is 234. The maximum absolute atomic E-state index is 11.7. The third-order valence-electron chi connectivity index (χ3n) is 2.27. The highest BCUT2D eigenvalue weighted by Crippen LogP contribution is 2.17. The first-order valence-electron chi connectivity index (χ1n) is 4.80. The van der Waals surface area contributed by atoms with Crippen molar-refractivity contribution in [2.75, 3.05) is 6.54 Å². The van der Waals surface area contributed by atoms with E-state index < -0.39 is 11.5 Å². The number of carboxylic acid groups (broad SMARTS) is 1. The normalized spacial score (nSPS) is 11.6. The molecule has 4 heteroatoms. The minimum absolute atomic E-state index is 0.125. The van der Waals surface area contributed by atoms with E-state index in [2.05, 4.69) is 0 Å². The summed E-state index contributed by atoms with van der Waals surface area (Å²) < 4.78 is 0. The number of hydrogen-bond acceptors (Lipinski definition) is 2. The lowest BCUT2D eigenvalue weighted by Gasteiger charge is -2.35. The highest BCUT2D eigenvalue weighted by molar-refractivity contribution is 5.87. The molecule has 0 aliphatic carbocycles. The van der Waals surface area contributed by atoms with Crippen LogP contribution in [0, 0.1) is 5.92 Å². The molecule has 1 N–H and O–H groups in total. The number of carbonyl (C=O) groups is 2. The summed E-state index contributed by atoms with van der Waals surface area (Å²) in [6, 6.07) is 0. The molecule has 0 unspecified atom stereocenters. The van der Waals surface area contributed by atoms with Crippen molar-refractivity contribution in [3.63, 3.8) is 0 Å². The first-order valence-corrected chi connectivity index (χ1v) is 4.80. The number of rotatable bonds is 4. The summed E-state index contributed by atoms with van der Waals surface area (Å²) in [5, 5.41) is 8.98. The van der Waals surface area contributed by atoms with E-state index >= 15 is 0 Å². The van der Waals surface area contributed by atoms with Crippen LogP contribution in [0.3, 0.4) is 0 Å². The van der Waals surface area contributed by atoms with Gasteiger partial charge in [0.15, 0.2) is 0 Å². The van der Waals surface area contributed by atoms with Gasteiger partial charge in [-0.1, -0.05) is 13.8 Å². The van der Waals surface area contributed by atoms with Gasteiger partial charge in [0.25, 0.3) is 0 Å². The molecule has 0 heterocycles. The zero-order valence-corrected chi connectivity index (χ0v) is 9.50. The van der Waals surface area contributed by atoms with Gasteiger partial charge in [0.1, 0.15) is 5.54 Å². The number of aliphatic carboxylic acids is 1. The van der Waals surface area contributed by atoms with Gasteiger partial charge in [0.2, 0.25) is 5.91 Å². The van der Waals surface area contributed by atoms with E-state index in [1.165, 1.54) is 4.90 Å². The standard InChI is InChI=1S/C10H19NO3/c1-6-11(8(12)7(2)3)10(4,5)9(13)14/h7H,6H2,1-5H3,(H,13,14). The van der Waals surface area contributed by atoms with Crippen LogP contribution in [0.2, 0.25) is 0 Å². The van der Waals surface area contributed by atoms with Crippen LogP contribution in [0.5, 0.6) is 0 Å². The van der Waals surface area contributed by atoms with Crippen molar-refractivity contribution in [2.24, 2.45) is 5.92 Å². The predicted octanol–water partition coefficient (Wildman–Crippen LogP) is 1.35. The Balaban J connectivity index is 4.90.